The molecule has 1 N–H and O–H groups in total. The minimum Gasteiger partial charge on any atom is -0.492 e. The first-order valence-electron chi connectivity index (χ1n) is 12.3. The lowest BCUT2D eigenvalue weighted by Gasteiger charge is -2.20. The van der Waals surface area contributed by atoms with E-state index >= 15 is 0 Å². The number of benzene rings is 1. The molecule has 0 bridgehead atoms. The fourth-order valence-electron chi connectivity index (χ4n) is 4.08. The smallest absolute Gasteiger partial charge is 0.275 e. The summed E-state index contributed by atoms with van der Waals surface area (Å²) in [5, 5.41) is 3.76. The number of anilines is 1. The molecule has 1 aliphatic rings. The second-order valence-electron chi connectivity index (χ2n) is 9.47. The van der Waals surface area contributed by atoms with Crippen molar-refractivity contribution in [2.24, 2.45) is 0 Å². The number of nitrogens with one attached hydrogen (secondary N) is 1. The summed E-state index contributed by atoms with van der Waals surface area (Å²) in [7, 11) is 2.09. The summed E-state index contributed by atoms with van der Waals surface area (Å²) in [6.07, 6.45) is 1.32. The molecule has 2 amide bonds. The Bertz CT molecular complexity index is 1520. The fraction of sp³-hybridized carbons (Fsp3) is 0.286. The van der Waals surface area contributed by atoms with Crippen LogP contribution in [-0.2, 0) is 9.59 Å². The van der Waals surface area contributed by atoms with Crippen molar-refractivity contribution >= 4 is 50.5 Å². The molecule has 1 aromatic carbocycles. The zero-order valence-corrected chi connectivity index (χ0v) is 23.6. The molecular formula is C28H29N5O3S2. The van der Waals surface area contributed by atoms with Crippen molar-refractivity contribution in [3.63, 3.8) is 0 Å². The first-order chi connectivity index (χ1) is 18.2. The van der Waals surface area contributed by atoms with Gasteiger partial charge >= 0.3 is 0 Å². The van der Waals surface area contributed by atoms with Crippen LogP contribution in [0.25, 0.3) is 31.4 Å². The van der Waals surface area contributed by atoms with Gasteiger partial charge in [-0.25, -0.2) is 9.97 Å². The van der Waals surface area contributed by atoms with E-state index in [4.69, 9.17) is 14.7 Å². The van der Waals surface area contributed by atoms with Gasteiger partial charge in [0.1, 0.15) is 17.2 Å². The Hall–Kier alpha value is -3.60. The van der Waals surface area contributed by atoms with Gasteiger partial charge in [-0.15, -0.1) is 22.7 Å². The normalized spacial score (nSPS) is 13.8. The van der Waals surface area contributed by atoms with Gasteiger partial charge in [0.25, 0.3) is 11.8 Å². The fourth-order valence-corrected chi connectivity index (χ4v) is 5.92. The SMILES string of the molecule is CC1=CC(=O)N(Nc2nc(-c3cccs3)nc3sc(-c4ccc(OCCN(C)C(C)C)cc4)c(C)c23)C1=O. The average Bonchev–Trinajstić information content (AvgIpc) is 3.60. The number of hydrogen-bond donors (Lipinski definition) is 1. The van der Waals surface area contributed by atoms with E-state index in [2.05, 4.69) is 31.2 Å². The number of nitrogens with zero attached hydrogens (tertiary/aromatic N) is 4. The number of fused-ring (bicyclic) bond motifs is 1. The number of carbonyl (C=O) groups excluding carboxylic acids is 2. The minimum atomic E-state index is -0.416. The number of hydrogen-bond acceptors (Lipinski definition) is 9. The van der Waals surface area contributed by atoms with Gasteiger partial charge in [-0.2, -0.15) is 5.01 Å². The summed E-state index contributed by atoms with van der Waals surface area (Å²) in [6.45, 7) is 9.43. The molecule has 38 heavy (non-hydrogen) atoms. The Morgan fingerprint density at radius 1 is 1.11 bits per heavy atom. The zero-order chi connectivity index (χ0) is 27.0. The monoisotopic (exact) mass is 547 g/mol. The minimum absolute atomic E-state index is 0.382. The maximum atomic E-state index is 12.6. The molecule has 0 fully saturated rings. The highest BCUT2D eigenvalue weighted by atomic mass is 32.1. The van der Waals surface area contributed by atoms with Gasteiger partial charge in [-0.05, 0) is 81.6 Å². The van der Waals surface area contributed by atoms with E-state index in [-0.39, 0.29) is 5.91 Å². The van der Waals surface area contributed by atoms with E-state index in [1.54, 1.807) is 18.3 Å². The maximum Gasteiger partial charge on any atom is 0.275 e. The van der Waals surface area contributed by atoms with E-state index in [9.17, 15) is 9.59 Å². The van der Waals surface area contributed by atoms with Crippen molar-refractivity contribution in [3.05, 3.63) is 59.0 Å². The van der Waals surface area contributed by atoms with Gasteiger partial charge in [-0.3, -0.25) is 15.0 Å². The summed E-state index contributed by atoms with van der Waals surface area (Å²) in [6, 6.07) is 12.4. The maximum absolute atomic E-state index is 12.6. The topological polar surface area (TPSA) is 87.7 Å². The lowest BCUT2D eigenvalue weighted by Crippen LogP contribution is -2.36. The number of thiophene rings is 2. The number of amides is 2. The van der Waals surface area contributed by atoms with Crippen LogP contribution in [0.5, 0.6) is 5.75 Å². The predicted molar refractivity (Wildman–Crippen MR) is 153 cm³/mol. The highest BCUT2D eigenvalue weighted by molar-refractivity contribution is 7.22. The van der Waals surface area contributed by atoms with Crippen LogP contribution in [0, 0.1) is 6.92 Å². The molecule has 0 spiro atoms. The van der Waals surface area contributed by atoms with Gasteiger partial charge in [0.15, 0.2) is 11.6 Å². The van der Waals surface area contributed by atoms with Crippen LogP contribution < -0.4 is 10.2 Å². The van der Waals surface area contributed by atoms with Crippen molar-refractivity contribution in [1.29, 1.82) is 0 Å². The Labute approximate surface area is 229 Å². The average molecular weight is 548 g/mol. The Kier molecular flexibility index (Phi) is 7.29. The lowest BCUT2D eigenvalue weighted by atomic mass is 10.1. The molecular weight excluding hydrogens is 518 g/mol. The van der Waals surface area contributed by atoms with E-state index in [1.807, 2.05) is 48.7 Å². The summed E-state index contributed by atoms with van der Waals surface area (Å²) < 4.78 is 5.94. The molecule has 0 saturated carbocycles. The molecule has 0 radical (unpaired) electrons. The van der Waals surface area contributed by atoms with Crippen molar-refractivity contribution in [2.75, 3.05) is 25.6 Å². The molecule has 5 rings (SSSR count). The van der Waals surface area contributed by atoms with Crippen LogP contribution >= 0.6 is 22.7 Å². The summed E-state index contributed by atoms with van der Waals surface area (Å²) in [5.74, 6) is 0.989. The first-order valence-corrected chi connectivity index (χ1v) is 14.0. The number of hydrazine groups is 1. The molecule has 10 heteroatoms. The first kappa shape index (κ1) is 26.0. The third-order valence-electron chi connectivity index (χ3n) is 6.56. The van der Waals surface area contributed by atoms with Crippen LogP contribution in [0.15, 0.2) is 53.4 Å². The molecule has 4 aromatic rings. The number of aromatic nitrogens is 2. The second-order valence-corrected chi connectivity index (χ2v) is 11.4. The number of ether oxygens (including phenoxy) is 1. The summed E-state index contributed by atoms with van der Waals surface area (Å²) in [5.41, 5.74) is 5.38. The van der Waals surface area contributed by atoms with Crippen LogP contribution in [0.2, 0.25) is 0 Å². The van der Waals surface area contributed by atoms with Crippen molar-refractivity contribution < 1.29 is 14.3 Å². The number of carbonyl (C=O) groups is 2. The molecule has 8 nitrogen and oxygen atoms in total. The number of imide groups is 1. The van der Waals surface area contributed by atoms with Crippen molar-refractivity contribution in [3.8, 4) is 26.9 Å². The molecule has 0 atom stereocenters. The molecule has 1 aliphatic heterocycles. The third kappa shape index (κ3) is 5.07. The molecule has 3 aromatic heterocycles. The quantitative estimate of drug-likeness (QED) is 0.267. The molecule has 0 aliphatic carbocycles. The predicted octanol–water partition coefficient (Wildman–Crippen LogP) is 5.76. The Balaban J connectivity index is 1.48. The van der Waals surface area contributed by atoms with Crippen molar-refractivity contribution in [2.45, 2.75) is 33.7 Å². The van der Waals surface area contributed by atoms with E-state index < -0.39 is 5.91 Å². The number of likely N-dealkylation sites (N-methyl/N-ethyl adjacent to an activating group) is 1. The zero-order valence-electron chi connectivity index (χ0n) is 21.9. The van der Waals surface area contributed by atoms with E-state index in [1.165, 1.54) is 17.4 Å². The lowest BCUT2D eigenvalue weighted by molar-refractivity contribution is -0.135. The largest absolute Gasteiger partial charge is 0.492 e. The molecule has 0 saturated heterocycles. The molecule has 196 valence electrons. The molecule has 4 heterocycles. The highest BCUT2D eigenvalue weighted by Crippen LogP contribution is 2.42. The Morgan fingerprint density at radius 3 is 2.50 bits per heavy atom. The van der Waals surface area contributed by atoms with Gasteiger partial charge in [0.05, 0.1) is 10.3 Å². The standard InChI is InChI=1S/C28H29N5O3S2/c1-16(2)32(5)12-13-36-20-10-8-19(9-11-20)24-18(4)23-26(31-33-22(34)15-17(3)28(33)35)29-25(30-27(23)38-24)21-7-6-14-37-21/h6-11,14-16H,12-13H2,1-5H3,(H,29,30,31). The van der Waals surface area contributed by atoms with Crippen LogP contribution in [0.1, 0.15) is 26.3 Å². The van der Waals surface area contributed by atoms with Gasteiger partial charge in [-0.1, -0.05) is 6.07 Å². The van der Waals surface area contributed by atoms with Crippen molar-refractivity contribution in [1.82, 2.24) is 19.9 Å². The Morgan fingerprint density at radius 2 is 1.87 bits per heavy atom. The highest BCUT2D eigenvalue weighted by Gasteiger charge is 2.30. The second kappa shape index (κ2) is 10.6. The molecule has 0 unspecified atom stereocenters. The van der Waals surface area contributed by atoms with Crippen LogP contribution in [0.4, 0.5) is 5.82 Å². The van der Waals surface area contributed by atoms with Crippen LogP contribution in [0.3, 0.4) is 0 Å². The number of rotatable bonds is 9. The van der Waals surface area contributed by atoms with Crippen LogP contribution in [-0.4, -0.2) is 57.9 Å². The van der Waals surface area contributed by atoms with Gasteiger partial charge in [0, 0.05) is 29.1 Å². The summed E-state index contributed by atoms with van der Waals surface area (Å²) >= 11 is 3.09. The number of aryl methyl sites for hydroxylation is 1. The third-order valence-corrected chi connectivity index (χ3v) is 8.66. The van der Waals surface area contributed by atoms with Gasteiger partial charge < -0.3 is 9.64 Å². The van der Waals surface area contributed by atoms with Gasteiger partial charge in [0.2, 0.25) is 0 Å². The summed E-state index contributed by atoms with van der Waals surface area (Å²) in [4.78, 5) is 39.6. The van der Waals surface area contributed by atoms with E-state index in [0.717, 1.165) is 48.4 Å². The van der Waals surface area contributed by atoms with E-state index in [0.29, 0.717) is 29.9 Å².